The third-order valence-corrected chi connectivity index (χ3v) is 4.29. The van der Waals surface area contributed by atoms with Crippen LogP contribution in [0.4, 0.5) is 0 Å². The van der Waals surface area contributed by atoms with Crippen LogP contribution in [0, 0.1) is 0 Å². The van der Waals surface area contributed by atoms with Crippen molar-refractivity contribution in [1.82, 2.24) is 0 Å². The lowest BCUT2D eigenvalue weighted by Crippen LogP contribution is -1.88. The van der Waals surface area contributed by atoms with Gasteiger partial charge in [0.25, 0.3) is 0 Å². The van der Waals surface area contributed by atoms with E-state index in [1.165, 1.54) is 33.0 Å². The van der Waals surface area contributed by atoms with Crippen LogP contribution in [-0.4, -0.2) is 0 Å². The summed E-state index contributed by atoms with van der Waals surface area (Å²) in [4.78, 5) is 0. The summed E-state index contributed by atoms with van der Waals surface area (Å²) < 4.78 is 0. The van der Waals surface area contributed by atoms with Crippen LogP contribution in [-0.2, 0) is 0 Å². The Morgan fingerprint density at radius 3 is 1.71 bits per heavy atom. The number of hydrogen-bond donors (Lipinski definition) is 0. The molecule has 0 nitrogen and oxygen atoms in total. The lowest BCUT2D eigenvalue weighted by Gasteiger charge is -2.10. The van der Waals surface area contributed by atoms with Gasteiger partial charge in [0, 0.05) is 0 Å². The number of hydrogen-bond acceptors (Lipinski definition) is 0. The first-order chi connectivity index (χ1) is 11.9. The number of benzene rings is 4. The van der Waals surface area contributed by atoms with Crippen LogP contribution in [0.15, 0.2) is 103 Å². The molecule has 0 fully saturated rings. The summed E-state index contributed by atoms with van der Waals surface area (Å²) in [5, 5.41) is 2.55. The molecule has 4 aromatic carbocycles. The minimum atomic E-state index is 1.23. The maximum Gasteiger partial charge on any atom is -0.0105 e. The first kappa shape index (κ1) is 14.5. The van der Waals surface area contributed by atoms with E-state index in [1.807, 2.05) is 0 Å². The molecule has 0 heterocycles. The molecule has 0 amide bonds. The highest BCUT2D eigenvalue weighted by Gasteiger charge is 2.06. The fraction of sp³-hybridized carbons (Fsp3) is 0. The van der Waals surface area contributed by atoms with Gasteiger partial charge in [-0.3, -0.25) is 0 Å². The van der Waals surface area contributed by atoms with Crippen LogP contribution in [0.25, 0.3) is 22.4 Å². The van der Waals surface area contributed by atoms with Gasteiger partial charge in [-0.15, -0.1) is 0 Å². The van der Waals surface area contributed by atoms with E-state index in [4.69, 9.17) is 0 Å². The molecule has 0 radical (unpaired) electrons. The van der Waals surface area contributed by atoms with Gasteiger partial charge in [0.05, 0.1) is 0 Å². The molecule has 0 heteroatoms. The lowest BCUT2D eigenvalue weighted by molar-refractivity contribution is 1.55. The SMILES string of the molecule is C(=C(c1ccccc1)c1ccccc1)c1cccc2ccccc12. The van der Waals surface area contributed by atoms with E-state index in [9.17, 15) is 0 Å². The first-order valence-corrected chi connectivity index (χ1v) is 8.22. The predicted molar refractivity (Wildman–Crippen MR) is 104 cm³/mol. The highest BCUT2D eigenvalue weighted by Crippen LogP contribution is 2.28. The number of rotatable bonds is 3. The Morgan fingerprint density at radius 1 is 0.500 bits per heavy atom. The highest BCUT2D eigenvalue weighted by molar-refractivity contribution is 5.99. The molecule has 0 saturated carbocycles. The van der Waals surface area contributed by atoms with Gasteiger partial charge in [0.2, 0.25) is 0 Å². The Balaban J connectivity index is 1.95. The highest BCUT2D eigenvalue weighted by atomic mass is 14.1. The average molecular weight is 306 g/mol. The molecular formula is C24H18. The first-order valence-electron chi connectivity index (χ1n) is 8.22. The summed E-state index contributed by atoms with van der Waals surface area (Å²) in [5.74, 6) is 0. The quantitative estimate of drug-likeness (QED) is 0.383. The largest absolute Gasteiger partial charge is 0.0622 e. The number of fused-ring (bicyclic) bond motifs is 1. The second kappa shape index (κ2) is 6.55. The van der Waals surface area contributed by atoms with Gasteiger partial charge in [-0.2, -0.15) is 0 Å². The van der Waals surface area contributed by atoms with E-state index >= 15 is 0 Å². The van der Waals surface area contributed by atoms with Crippen LogP contribution in [0.5, 0.6) is 0 Å². The smallest absolute Gasteiger partial charge is 0.0105 e. The van der Waals surface area contributed by atoms with Gasteiger partial charge >= 0.3 is 0 Å². The summed E-state index contributed by atoms with van der Waals surface area (Å²) in [5.41, 5.74) is 4.96. The standard InChI is InChI=1S/C24H18/c1-3-10-20(11-4-1)24(21-12-5-2-6-13-21)18-22-16-9-15-19-14-7-8-17-23(19)22/h1-18H. The van der Waals surface area contributed by atoms with Crippen molar-refractivity contribution in [2.24, 2.45) is 0 Å². The van der Waals surface area contributed by atoms with E-state index in [0.29, 0.717) is 0 Å². The third-order valence-electron chi connectivity index (χ3n) is 4.29. The van der Waals surface area contributed by atoms with Crippen molar-refractivity contribution < 1.29 is 0 Å². The van der Waals surface area contributed by atoms with E-state index < -0.39 is 0 Å². The molecule has 0 spiro atoms. The fourth-order valence-corrected chi connectivity index (χ4v) is 3.10. The maximum absolute atomic E-state index is 2.30. The zero-order chi connectivity index (χ0) is 16.2. The Morgan fingerprint density at radius 2 is 1.04 bits per heavy atom. The van der Waals surface area contributed by atoms with Crippen molar-refractivity contribution in [1.29, 1.82) is 0 Å². The molecule has 4 rings (SSSR count). The zero-order valence-corrected chi connectivity index (χ0v) is 13.4. The Kier molecular flexibility index (Phi) is 3.95. The molecule has 0 unspecified atom stereocenters. The summed E-state index contributed by atoms with van der Waals surface area (Å²) in [7, 11) is 0. The lowest BCUT2D eigenvalue weighted by atomic mass is 9.94. The maximum atomic E-state index is 2.30. The fourth-order valence-electron chi connectivity index (χ4n) is 3.10. The molecular weight excluding hydrogens is 288 g/mol. The van der Waals surface area contributed by atoms with Gasteiger partial charge < -0.3 is 0 Å². The Labute approximate surface area is 142 Å². The van der Waals surface area contributed by atoms with E-state index in [1.54, 1.807) is 0 Å². The Hall–Kier alpha value is -3.12. The van der Waals surface area contributed by atoms with Gasteiger partial charge in [0.15, 0.2) is 0 Å². The van der Waals surface area contributed by atoms with Crippen LogP contribution in [0.3, 0.4) is 0 Å². The molecule has 0 N–H and O–H groups in total. The summed E-state index contributed by atoms with van der Waals surface area (Å²) in [6.45, 7) is 0. The zero-order valence-electron chi connectivity index (χ0n) is 13.4. The summed E-state index contributed by atoms with van der Waals surface area (Å²) in [6, 6.07) is 36.2. The topological polar surface area (TPSA) is 0 Å². The van der Waals surface area contributed by atoms with E-state index in [2.05, 4.69) is 109 Å². The van der Waals surface area contributed by atoms with Crippen molar-refractivity contribution in [2.45, 2.75) is 0 Å². The van der Waals surface area contributed by atoms with Crippen molar-refractivity contribution in [2.75, 3.05) is 0 Å². The van der Waals surface area contributed by atoms with Gasteiger partial charge in [0.1, 0.15) is 0 Å². The predicted octanol–water partition coefficient (Wildman–Crippen LogP) is 6.43. The van der Waals surface area contributed by atoms with Crippen molar-refractivity contribution >= 4 is 22.4 Å². The minimum absolute atomic E-state index is 1.23. The van der Waals surface area contributed by atoms with Gasteiger partial charge in [-0.25, -0.2) is 0 Å². The summed E-state index contributed by atoms with van der Waals surface area (Å²) in [6.07, 6.45) is 2.30. The van der Waals surface area contributed by atoms with Crippen molar-refractivity contribution in [3.63, 3.8) is 0 Å². The third kappa shape index (κ3) is 2.87. The molecule has 24 heavy (non-hydrogen) atoms. The van der Waals surface area contributed by atoms with Crippen LogP contribution >= 0.6 is 0 Å². The normalized spacial score (nSPS) is 10.5. The molecule has 0 bridgehead atoms. The molecule has 4 aromatic rings. The second-order valence-corrected chi connectivity index (χ2v) is 5.86. The Bertz CT molecular complexity index is 933. The van der Waals surface area contributed by atoms with E-state index in [0.717, 1.165) is 0 Å². The van der Waals surface area contributed by atoms with Crippen LogP contribution in [0.1, 0.15) is 16.7 Å². The molecule has 0 aliphatic rings. The van der Waals surface area contributed by atoms with Crippen molar-refractivity contribution in [3.05, 3.63) is 120 Å². The molecule has 0 aliphatic carbocycles. The van der Waals surface area contributed by atoms with Crippen LogP contribution in [0.2, 0.25) is 0 Å². The summed E-state index contributed by atoms with van der Waals surface area (Å²) >= 11 is 0. The average Bonchev–Trinajstić information content (AvgIpc) is 2.67. The minimum Gasteiger partial charge on any atom is -0.0622 e. The molecule has 0 saturated heterocycles. The van der Waals surface area contributed by atoms with Crippen LogP contribution < -0.4 is 0 Å². The molecule has 0 aliphatic heterocycles. The monoisotopic (exact) mass is 306 g/mol. The molecule has 114 valence electrons. The van der Waals surface area contributed by atoms with E-state index in [-0.39, 0.29) is 0 Å². The van der Waals surface area contributed by atoms with Gasteiger partial charge in [-0.1, -0.05) is 103 Å². The molecule has 0 aromatic heterocycles. The van der Waals surface area contributed by atoms with Crippen molar-refractivity contribution in [3.8, 4) is 0 Å². The molecule has 0 atom stereocenters. The second-order valence-electron chi connectivity index (χ2n) is 5.86. The van der Waals surface area contributed by atoms with Gasteiger partial charge in [-0.05, 0) is 39.1 Å².